The van der Waals surface area contributed by atoms with E-state index in [0.29, 0.717) is 22.7 Å². The lowest BCUT2D eigenvalue weighted by atomic mass is 10.1. The summed E-state index contributed by atoms with van der Waals surface area (Å²) in [5.41, 5.74) is 1.95. The van der Waals surface area contributed by atoms with Crippen LogP contribution in [-0.4, -0.2) is 50.3 Å². The van der Waals surface area contributed by atoms with Gasteiger partial charge < -0.3 is 10.2 Å². The zero-order chi connectivity index (χ0) is 28.6. The van der Waals surface area contributed by atoms with Crippen molar-refractivity contribution in [2.75, 3.05) is 17.4 Å². The number of amides is 2. The number of nitrogens with zero attached hydrogens (tertiary/aromatic N) is 2. The van der Waals surface area contributed by atoms with Gasteiger partial charge in [-0.15, -0.1) is 0 Å². The SMILES string of the molecule is CCC(C)NC(=O)C(C)N(CCc1ccccc1)C(=O)CN(c1cc(Cl)ccc1C)S(=O)(=O)c1ccccc1. The van der Waals surface area contributed by atoms with Gasteiger partial charge in [0, 0.05) is 17.6 Å². The van der Waals surface area contributed by atoms with E-state index >= 15 is 0 Å². The van der Waals surface area contributed by atoms with E-state index in [2.05, 4.69) is 5.32 Å². The smallest absolute Gasteiger partial charge is 0.264 e. The molecule has 208 valence electrons. The number of carbonyl (C=O) groups is 2. The van der Waals surface area contributed by atoms with Gasteiger partial charge in [0.25, 0.3) is 10.0 Å². The molecule has 0 saturated heterocycles. The molecule has 9 heteroatoms. The highest BCUT2D eigenvalue weighted by molar-refractivity contribution is 7.92. The van der Waals surface area contributed by atoms with Crippen molar-refractivity contribution in [1.29, 1.82) is 0 Å². The Bertz CT molecular complexity index is 1370. The number of hydrogen-bond donors (Lipinski definition) is 1. The molecule has 0 fully saturated rings. The summed E-state index contributed by atoms with van der Waals surface area (Å²) in [5, 5.41) is 3.28. The molecule has 2 amide bonds. The molecule has 3 aromatic carbocycles. The number of sulfonamides is 1. The van der Waals surface area contributed by atoms with Gasteiger partial charge >= 0.3 is 0 Å². The predicted octanol–water partition coefficient (Wildman–Crippen LogP) is 5.22. The van der Waals surface area contributed by atoms with Crippen LogP contribution in [0.3, 0.4) is 0 Å². The standard InChI is InChI=1S/C30H36ClN3O4S/c1-5-23(3)32-30(36)24(4)33(19-18-25-12-8-6-9-13-25)29(35)21-34(28-20-26(31)17-16-22(28)2)39(37,38)27-14-10-7-11-15-27/h6-17,20,23-24H,5,18-19,21H2,1-4H3,(H,32,36). The normalized spacial score (nSPS) is 12.8. The van der Waals surface area contributed by atoms with Gasteiger partial charge in [-0.3, -0.25) is 13.9 Å². The second-order valence-corrected chi connectivity index (χ2v) is 11.9. The third-order valence-corrected chi connectivity index (χ3v) is 8.71. The number of aryl methyl sites for hydroxylation is 1. The van der Waals surface area contributed by atoms with Crippen molar-refractivity contribution in [1.82, 2.24) is 10.2 Å². The number of hydrogen-bond acceptors (Lipinski definition) is 4. The van der Waals surface area contributed by atoms with Crippen molar-refractivity contribution >= 4 is 39.1 Å². The molecule has 0 heterocycles. The van der Waals surface area contributed by atoms with Crippen LogP contribution in [0.2, 0.25) is 5.02 Å². The maximum Gasteiger partial charge on any atom is 0.264 e. The molecular formula is C30H36ClN3O4S. The number of rotatable bonds is 12. The molecule has 0 aliphatic carbocycles. The minimum absolute atomic E-state index is 0.0515. The summed E-state index contributed by atoms with van der Waals surface area (Å²) in [5.74, 6) is -0.779. The number of anilines is 1. The fourth-order valence-corrected chi connectivity index (χ4v) is 5.78. The first-order chi connectivity index (χ1) is 18.5. The Balaban J connectivity index is 2.00. The maximum absolute atomic E-state index is 13.9. The van der Waals surface area contributed by atoms with E-state index < -0.39 is 28.5 Å². The third kappa shape index (κ3) is 7.83. The van der Waals surface area contributed by atoms with Gasteiger partial charge in [0.2, 0.25) is 11.8 Å². The molecule has 0 radical (unpaired) electrons. The van der Waals surface area contributed by atoms with Crippen molar-refractivity contribution in [2.45, 2.75) is 57.5 Å². The monoisotopic (exact) mass is 569 g/mol. The summed E-state index contributed by atoms with van der Waals surface area (Å²) < 4.78 is 28.8. The largest absolute Gasteiger partial charge is 0.352 e. The first kappa shape index (κ1) is 30.2. The molecule has 3 aromatic rings. The molecule has 0 saturated carbocycles. The Morgan fingerprint density at radius 2 is 1.56 bits per heavy atom. The maximum atomic E-state index is 13.9. The van der Waals surface area contributed by atoms with Gasteiger partial charge in [-0.2, -0.15) is 0 Å². The predicted molar refractivity (Wildman–Crippen MR) is 156 cm³/mol. The van der Waals surface area contributed by atoms with Crippen LogP contribution in [0, 0.1) is 6.92 Å². The molecule has 39 heavy (non-hydrogen) atoms. The van der Waals surface area contributed by atoms with Gasteiger partial charge in [-0.05, 0) is 69.0 Å². The Labute approximate surface area is 236 Å². The van der Waals surface area contributed by atoms with Crippen LogP contribution in [0.5, 0.6) is 0 Å². The van der Waals surface area contributed by atoms with Crippen LogP contribution in [0.15, 0.2) is 83.8 Å². The van der Waals surface area contributed by atoms with E-state index in [-0.39, 0.29) is 23.4 Å². The topological polar surface area (TPSA) is 86.8 Å². The molecule has 0 aliphatic rings. The Morgan fingerprint density at radius 1 is 0.949 bits per heavy atom. The summed E-state index contributed by atoms with van der Waals surface area (Å²) in [7, 11) is -4.13. The summed E-state index contributed by atoms with van der Waals surface area (Å²) in [6.45, 7) is 7.05. The molecule has 2 atom stereocenters. The Kier molecular flexibility index (Phi) is 10.5. The molecule has 0 aromatic heterocycles. The van der Waals surface area contributed by atoms with E-state index in [1.165, 1.54) is 23.1 Å². The van der Waals surface area contributed by atoms with Gasteiger partial charge in [0.05, 0.1) is 10.6 Å². The highest BCUT2D eigenvalue weighted by Gasteiger charge is 2.33. The molecule has 1 N–H and O–H groups in total. The van der Waals surface area contributed by atoms with Crippen molar-refractivity contribution in [3.63, 3.8) is 0 Å². The second-order valence-electron chi connectivity index (χ2n) is 9.57. The lowest BCUT2D eigenvalue weighted by Gasteiger charge is -2.33. The van der Waals surface area contributed by atoms with Crippen molar-refractivity contribution in [2.24, 2.45) is 0 Å². The summed E-state index contributed by atoms with van der Waals surface area (Å²) >= 11 is 6.26. The fourth-order valence-electron chi connectivity index (χ4n) is 4.12. The number of nitrogens with one attached hydrogen (secondary N) is 1. The number of carbonyl (C=O) groups excluding carboxylic acids is 2. The van der Waals surface area contributed by atoms with E-state index in [1.54, 1.807) is 44.2 Å². The van der Waals surface area contributed by atoms with E-state index in [9.17, 15) is 18.0 Å². The van der Waals surface area contributed by atoms with Crippen molar-refractivity contribution in [3.8, 4) is 0 Å². The average molecular weight is 570 g/mol. The lowest BCUT2D eigenvalue weighted by Crippen LogP contribution is -2.53. The Morgan fingerprint density at radius 3 is 2.18 bits per heavy atom. The zero-order valence-corrected chi connectivity index (χ0v) is 24.4. The Hall–Kier alpha value is -3.36. The van der Waals surface area contributed by atoms with Crippen LogP contribution in [0.1, 0.15) is 38.3 Å². The summed E-state index contributed by atoms with van der Waals surface area (Å²) in [4.78, 5) is 28.5. The minimum Gasteiger partial charge on any atom is -0.352 e. The number of halogens is 1. The molecule has 0 bridgehead atoms. The molecule has 0 spiro atoms. The van der Waals surface area contributed by atoms with Gasteiger partial charge in [-0.25, -0.2) is 8.42 Å². The molecule has 3 rings (SSSR count). The van der Waals surface area contributed by atoms with Crippen molar-refractivity contribution in [3.05, 3.63) is 95.0 Å². The molecular weight excluding hydrogens is 534 g/mol. The van der Waals surface area contributed by atoms with Gasteiger partial charge in [0.1, 0.15) is 12.6 Å². The van der Waals surface area contributed by atoms with Crippen LogP contribution < -0.4 is 9.62 Å². The summed E-state index contributed by atoms with van der Waals surface area (Å²) in [6.07, 6.45) is 1.25. The van der Waals surface area contributed by atoms with Crippen LogP contribution in [0.4, 0.5) is 5.69 Å². The van der Waals surface area contributed by atoms with Gasteiger partial charge in [-0.1, -0.05) is 73.1 Å². The molecule has 0 aliphatic heterocycles. The third-order valence-electron chi connectivity index (χ3n) is 6.70. The first-order valence-corrected chi connectivity index (χ1v) is 14.8. The van der Waals surface area contributed by atoms with E-state index in [4.69, 9.17) is 11.6 Å². The van der Waals surface area contributed by atoms with E-state index in [0.717, 1.165) is 16.3 Å². The average Bonchev–Trinajstić information content (AvgIpc) is 2.94. The lowest BCUT2D eigenvalue weighted by molar-refractivity contribution is -0.139. The number of benzene rings is 3. The van der Waals surface area contributed by atoms with Gasteiger partial charge in [0.15, 0.2) is 0 Å². The fraction of sp³-hybridized carbons (Fsp3) is 0.333. The minimum atomic E-state index is -4.13. The molecule has 2 unspecified atom stereocenters. The van der Waals surface area contributed by atoms with Crippen molar-refractivity contribution < 1.29 is 18.0 Å². The first-order valence-electron chi connectivity index (χ1n) is 13.0. The highest BCUT2D eigenvalue weighted by atomic mass is 35.5. The zero-order valence-electron chi connectivity index (χ0n) is 22.8. The second kappa shape index (κ2) is 13.6. The quantitative estimate of drug-likeness (QED) is 0.324. The van der Waals surface area contributed by atoms with Crippen LogP contribution >= 0.6 is 11.6 Å². The van der Waals surface area contributed by atoms with Crippen LogP contribution in [-0.2, 0) is 26.0 Å². The summed E-state index contributed by atoms with van der Waals surface area (Å²) in [6, 6.07) is 21.7. The highest BCUT2D eigenvalue weighted by Crippen LogP contribution is 2.29. The van der Waals surface area contributed by atoms with Crippen LogP contribution in [0.25, 0.3) is 0 Å². The van der Waals surface area contributed by atoms with E-state index in [1.807, 2.05) is 44.2 Å². The molecule has 7 nitrogen and oxygen atoms in total.